The molecule has 3 aromatic rings. The minimum atomic E-state index is -0.486. The van der Waals surface area contributed by atoms with Crippen LogP contribution in [0.25, 0.3) is 5.82 Å². The van der Waals surface area contributed by atoms with E-state index in [0.717, 1.165) is 10.4 Å². The molecule has 1 aliphatic rings. The molecule has 4 heterocycles. The quantitative estimate of drug-likeness (QED) is 0.423. The average molecular weight is 417 g/mol. The van der Waals surface area contributed by atoms with Gasteiger partial charge in [0, 0.05) is 24.5 Å². The minimum absolute atomic E-state index is 0.0521. The van der Waals surface area contributed by atoms with Crippen molar-refractivity contribution >= 4 is 29.3 Å². The summed E-state index contributed by atoms with van der Waals surface area (Å²) >= 11 is 1.54. The first-order chi connectivity index (χ1) is 14.1. The third kappa shape index (κ3) is 4.16. The molecule has 1 amide bonds. The van der Waals surface area contributed by atoms with Gasteiger partial charge in [-0.15, -0.1) is 16.4 Å². The number of nitrogens with two attached hydrogens (primary N) is 1. The maximum atomic E-state index is 12.7. The van der Waals surface area contributed by atoms with Crippen molar-refractivity contribution < 1.29 is 14.2 Å². The lowest BCUT2D eigenvalue weighted by atomic mass is 10.2. The van der Waals surface area contributed by atoms with E-state index in [9.17, 15) is 4.79 Å². The molecule has 1 aliphatic heterocycles. The largest absolute Gasteiger partial charge is 0.379 e. The molecule has 152 valence electrons. The summed E-state index contributed by atoms with van der Waals surface area (Å²) in [7, 11) is 0. The average Bonchev–Trinajstić information content (AvgIpc) is 3.43. The number of nitrogen functional groups attached to an aromatic ring is 1. The molecule has 13 heteroatoms. The molecular weight excluding hydrogens is 398 g/mol. The normalized spacial score (nSPS) is 15.2. The number of aryl methyl sites for hydroxylation is 1. The van der Waals surface area contributed by atoms with Gasteiger partial charge in [-0.3, -0.25) is 9.69 Å². The Balaban J connectivity index is 1.59. The van der Waals surface area contributed by atoms with Crippen LogP contribution < -0.4 is 11.2 Å². The van der Waals surface area contributed by atoms with Gasteiger partial charge >= 0.3 is 0 Å². The van der Waals surface area contributed by atoms with Gasteiger partial charge in [-0.05, 0) is 34.2 Å². The number of nitrogens with one attached hydrogen (secondary N) is 1. The highest BCUT2D eigenvalue weighted by Gasteiger charge is 2.26. The van der Waals surface area contributed by atoms with E-state index in [2.05, 4.69) is 40.7 Å². The van der Waals surface area contributed by atoms with Crippen LogP contribution in [-0.2, 0) is 11.3 Å². The van der Waals surface area contributed by atoms with Gasteiger partial charge in [-0.1, -0.05) is 5.21 Å². The topological polar surface area (TPSA) is 150 Å². The molecule has 12 nitrogen and oxygen atoms in total. The number of hydrogen-bond donors (Lipinski definition) is 2. The van der Waals surface area contributed by atoms with Crippen LogP contribution in [-0.4, -0.2) is 68.6 Å². The molecule has 4 rings (SSSR count). The molecule has 0 atom stereocenters. The van der Waals surface area contributed by atoms with Gasteiger partial charge in [0.15, 0.2) is 5.69 Å². The van der Waals surface area contributed by atoms with Crippen LogP contribution in [0.15, 0.2) is 21.2 Å². The molecule has 0 radical (unpaired) electrons. The summed E-state index contributed by atoms with van der Waals surface area (Å²) in [6.07, 6.45) is 1.60. The predicted octanol–water partition coefficient (Wildman–Crippen LogP) is 0.199. The van der Waals surface area contributed by atoms with E-state index in [1.807, 2.05) is 18.4 Å². The van der Waals surface area contributed by atoms with E-state index in [0.29, 0.717) is 38.5 Å². The standard InChI is InChI=1S/C16H19N9O3S/c1-10-2-7-29-12(10)8-18-20-16(26)13-11(9-24-3-5-27-6-4-24)25(23-19-13)15-14(17)21-28-22-15/h2,7-8H,3-6,9H2,1H3,(H2,17,21)(H,20,26)/b18-8-. The van der Waals surface area contributed by atoms with Crippen molar-refractivity contribution in [3.05, 3.63) is 33.3 Å². The fourth-order valence-electron chi connectivity index (χ4n) is 2.82. The van der Waals surface area contributed by atoms with Crippen molar-refractivity contribution in [2.24, 2.45) is 5.10 Å². The van der Waals surface area contributed by atoms with Gasteiger partial charge in [-0.25, -0.2) is 10.1 Å². The summed E-state index contributed by atoms with van der Waals surface area (Å²) in [5, 5.41) is 21.4. The molecule has 0 spiro atoms. The summed E-state index contributed by atoms with van der Waals surface area (Å²) in [5.74, 6) is -0.256. The lowest BCUT2D eigenvalue weighted by Crippen LogP contribution is -2.37. The van der Waals surface area contributed by atoms with Gasteiger partial charge in [0.25, 0.3) is 5.91 Å². The Labute approximate surface area is 169 Å². The fraction of sp³-hybridized carbons (Fsp3) is 0.375. The molecule has 29 heavy (non-hydrogen) atoms. The van der Waals surface area contributed by atoms with Crippen LogP contribution in [0.5, 0.6) is 0 Å². The Morgan fingerprint density at radius 1 is 1.41 bits per heavy atom. The van der Waals surface area contributed by atoms with E-state index >= 15 is 0 Å². The van der Waals surface area contributed by atoms with Crippen LogP contribution >= 0.6 is 11.3 Å². The highest BCUT2D eigenvalue weighted by molar-refractivity contribution is 7.11. The lowest BCUT2D eigenvalue weighted by molar-refractivity contribution is 0.0332. The van der Waals surface area contributed by atoms with Gasteiger partial charge in [0.1, 0.15) is 0 Å². The Bertz CT molecular complexity index is 1020. The molecule has 0 aliphatic carbocycles. The van der Waals surface area contributed by atoms with E-state index in [-0.39, 0.29) is 17.3 Å². The Morgan fingerprint density at radius 2 is 2.24 bits per heavy atom. The van der Waals surface area contributed by atoms with Gasteiger partial charge in [0.05, 0.1) is 25.1 Å². The van der Waals surface area contributed by atoms with Crippen LogP contribution in [0.1, 0.15) is 26.6 Å². The van der Waals surface area contributed by atoms with Crippen LogP contribution in [0, 0.1) is 6.92 Å². The first-order valence-electron chi connectivity index (χ1n) is 8.84. The van der Waals surface area contributed by atoms with Crippen molar-refractivity contribution in [2.75, 3.05) is 32.0 Å². The molecule has 0 bridgehead atoms. The summed E-state index contributed by atoms with van der Waals surface area (Å²) in [6.45, 7) is 5.03. The third-order valence-corrected chi connectivity index (χ3v) is 5.35. The number of thiophene rings is 1. The first kappa shape index (κ1) is 19.2. The Hall–Kier alpha value is -3.16. The predicted molar refractivity (Wildman–Crippen MR) is 104 cm³/mol. The highest BCUT2D eigenvalue weighted by Crippen LogP contribution is 2.18. The zero-order valence-electron chi connectivity index (χ0n) is 15.6. The van der Waals surface area contributed by atoms with E-state index < -0.39 is 5.91 Å². The summed E-state index contributed by atoms with van der Waals surface area (Å²) in [5.41, 5.74) is 10.0. The second-order valence-electron chi connectivity index (χ2n) is 6.33. The number of nitrogens with zero attached hydrogens (tertiary/aromatic N) is 7. The van der Waals surface area contributed by atoms with Crippen LogP contribution in [0.3, 0.4) is 0 Å². The summed E-state index contributed by atoms with van der Waals surface area (Å²) in [6, 6.07) is 1.98. The van der Waals surface area contributed by atoms with Crippen molar-refractivity contribution in [1.29, 1.82) is 0 Å². The number of amides is 1. The van der Waals surface area contributed by atoms with Crippen LogP contribution in [0.2, 0.25) is 0 Å². The number of morpholine rings is 1. The summed E-state index contributed by atoms with van der Waals surface area (Å²) in [4.78, 5) is 15.8. The molecule has 0 aromatic carbocycles. The van der Waals surface area contributed by atoms with Gasteiger partial charge in [0.2, 0.25) is 11.6 Å². The monoisotopic (exact) mass is 417 g/mol. The van der Waals surface area contributed by atoms with Crippen molar-refractivity contribution in [1.82, 2.24) is 35.6 Å². The lowest BCUT2D eigenvalue weighted by Gasteiger charge is -2.26. The third-order valence-electron chi connectivity index (χ3n) is 4.40. The molecule has 3 aromatic heterocycles. The second-order valence-corrected chi connectivity index (χ2v) is 7.27. The zero-order valence-corrected chi connectivity index (χ0v) is 16.4. The minimum Gasteiger partial charge on any atom is -0.379 e. The van der Waals surface area contributed by atoms with Gasteiger partial charge < -0.3 is 10.5 Å². The molecule has 3 N–H and O–H groups in total. The van der Waals surface area contributed by atoms with Gasteiger partial charge in [-0.2, -0.15) is 9.78 Å². The molecule has 0 saturated carbocycles. The first-order valence-corrected chi connectivity index (χ1v) is 9.72. The van der Waals surface area contributed by atoms with Crippen molar-refractivity contribution in [2.45, 2.75) is 13.5 Å². The maximum absolute atomic E-state index is 12.7. The van der Waals surface area contributed by atoms with Crippen molar-refractivity contribution in [3.63, 3.8) is 0 Å². The van der Waals surface area contributed by atoms with E-state index in [4.69, 9.17) is 10.5 Å². The highest BCUT2D eigenvalue weighted by atomic mass is 32.1. The maximum Gasteiger partial charge on any atom is 0.293 e. The van der Waals surface area contributed by atoms with Crippen LogP contribution in [0.4, 0.5) is 5.82 Å². The van der Waals surface area contributed by atoms with E-state index in [1.54, 1.807) is 6.21 Å². The Kier molecular flexibility index (Phi) is 5.59. The zero-order chi connectivity index (χ0) is 20.2. The number of ether oxygens (including phenoxy) is 1. The number of carbonyl (C=O) groups is 1. The Morgan fingerprint density at radius 3 is 2.93 bits per heavy atom. The summed E-state index contributed by atoms with van der Waals surface area (Å²) < 4.78 is 11.4. The molecule has 1 fully saturated rings. The number of hydrazone groups is 1. The number of rotatable bonds is 6. The number of anilines is 1. The smallest absolute Gasteiger partial charge is 0.293 e. The number of carbonyl (C=O) groups excluding carboxylic acids is 1. The molecule has 0 unspecified atom stereocenters. The van der Waals surface area contributed by atoms with E-state index in [1.165, 1.54) is 16.0 Å². The number of hydrogen-bond acceptors (Lipinski definition) is 11. The second kappa shape index (κ2) is 8.46. The molecule has 1 saturated heterocycles. The molecular formula is C16H19N9O3S. The number of aromatic nitrogens is 5. The SMILES string of the molecule is Cc1ccsc1/C=N\NC(=O)c1nnn(-c2nonc2N)c1CN1CCOCC1. The fourth-order valence-corrected chi connectivity index (χ4v) is 3.60. The van der Waals surface area contributed by atoms with Crippen molar-refractivity contribution in [3.8, 4) is 5.82 Å².